The molecule has 26 heavy (non-hydrogen) atoms. The molecule has 0 aliphatic heterocycles. The van der Waals surface area contributed by atoms with Crippen LogP contribution >= 0.6 is 0 Å². The number of amides is 2. The quantitative estimate of drug-likeness (QED) is 0.757. The van der Waals surface area contributed by atoms with Crippen LogP contribution in [0, 0.1) is 5.82 Å². The zero-order chi connectivity index (χ0) is 18.7. The highest BCUT2D eigenvalue weighted by Gasteiger charge is 2.09. The van der Waals surface area contributed by atoms with Gasteiger partial charge in [0.15, 0.2) is 5.43 Å². The van der Waals surface area contributed by atoms with E-state index in [2.05, 4.69) is 10.6 Å². The van der Waals surface area contributed by atoms with Crippen LogP contribution in [0.15, 0.2) is 59.5 Å². The minimum atomic E-state index is -0.508. The Bertz CT molecular complexity index is 1060. The largest absolute Gasteiger partial charge is 0.338 e. The summed E-state index contributed by atoms with van der Waals surface area (Å²) < 4.78 is 14.9. The lowest BCUT2D eigenvalue weighted by molar-refractivity contribution is -0.116. The lowest BCUT2D eigenvalue weighted by Gasteiger charge is -2.12. The number of aromatic nitrogens is 1. The molecule has 2 amide bonds. The van der Waals surface area contributed by atoms with Crippen LogP contribution in [0.5, 0.6) is 0 Å². The minimum absolute atomic E-state index is 0.0488. The minimum Gasteiger partial charge on any atom is -0.338 e. The van der Waals surface area contributed by atoms with E-state index in [1.165, 1.54) is 31.3 Å². The predicted molar refractivity (Wildman–Crippen MR) is 97.5 cm³/mol. The molecule has 6 nitrogen and oxygen atoms in total. The highest BCUT2D eigenvalue weighted by Crippen LogP contribution is 2.16. The first-order valence-corrected chi connectivity index (χ1v) is 7.88. The van der Waals surface area contributed by atoms with E-state index in [1.54, 1.807) is 28.8 Å². The summed E-state index contributed by atoms with van der Waals surface area (Å²) in [6, 6.07) is 11.9. The summed E-state index contributed by atoms with van der Waals surface area (Å²) in [7, 11) is 0. The zero-order valence-corrected chi connectivity index (χ0v) is 14.0. The monoisotopic (exact) mass is 353 g/mol. The fourth-order valence-corrected chi connectivity index (χ4v) is 2.65. The maximum absolute atomic E-state index is 13.4. The van der Waals surface area contributed by atoms with Gasteiger partial charge < -0.3 is 15.2 Å². The molecule has 0 aliphatic carbocycles. The topological polar surface area (TPSA) is 80.2 Å². The number of halogens is 1. The number of hydrogen-bond donors (Lipinski definition) is 2. The molecule has 2 N–H and O–H groups in total. The summed E-state index contributed by atoms with van der Waals surface area (Å²) in [6.07, 6.45) is 1.50. The SMILES string of the molecule is CC(=O)Nc1cccc(NC(=O)Cn2ccc(=O)c3cc(F)ccc32)c1. The fraction of sp³-hybridized carbons (Fsp3) is 0.105. The molecule has 3 aromatic rings. The van der Waals surface area contributed by atoms with Gasteiger partial charge in [0.25, 0.3) is 0 Å². The summed E-state index contributed by atoms with van der Waals surface area (Å²) in [5.74, 6) is -1.04. The summed E-state index contributed by atoms with van der Waals surface area (Å²) in [4.78, 5) is 35.3. The van der Waals surface area contributed by atoms with Crippen molar-refractivity contribution in [3.05, 3.63) is 70.8 Å². The van der Waals surface area contributed by atoms with Crippen LogP contribution in [0.1, 0.15) is 6.92 Å². The molecule has 0 unspecified atom stereocenters. The van der Waals surface area contributed by atoms with Crippen LogP contribution in [-0.2, 0) is 16.1 Å². The van der Waals surface area contributed by atoms with Gasteiger partial charge in [0.1, 0.15) is 12.4 Å². The third-order valence-electron chi connectivity index (χ3n) is 3.72. The van der Waals surface area contributed by atoms with E-state index in [0.717, 1.165) is 6.07 Å². The first-order valence-electron chi connectivity index (χ1n) is 7.88. The van der Waals surface area contributed by atoms with Gasteiger partial charge in [-0.25, -0.2) is 4.39 Å². The molecule has 0 saturated heterocycles. The van der Waals surface area contributed by atoms with Crippen molar-refractivity contribution in [1.82, 2.24) is 4.57 Å². The third kappa shape index (κ3) is 3.94. The summed E-state index contributed by atoms with van der Waals surface area (Å²) in [6.45, 7) is 1.35. The molecule has 0 atom stereocenters. The van der Waals surface area contributed by atoms with E-state index in [4.69, 9.17) is 0 Å². The van der Waals surface area contributed by atoms with Gasteiger partial charge in [-0.2, -0.15) is 0 Å². The van der Waals surface area contributed by atoms with Crippen molar-refractivity contribution in [2.75, 3.05) is 10.6 Å². The Labute approximate surface area is 148 Å². The standard InChI is InChI=1S/C19H16FN3O3/c1-12(24)21-14-3-2-4-15(10-14)22-19(26)11-23-8-7-18(25)16-9-13(20)5-6-17(16)23/h2-10H,11H2,1H3,(H,21,24)(H,22,26). The Morgan fingerprint density at radius 2 is 1.77 bits per heavy atom. The normalized spacial score (nSPS) is 10.5. The van der Waals surface area contributed by atoms with Gasteiger partial charge in [-0.3, -0.25) is 14.4 Å². The average Bonchev–Trinajstić information content (AvgIpc) is 2.57. The fourth-order valence-electron chi connectivity index (χ4n) is 2.65. The van der Waals surface area contributed by atoms with Crippen LogP contribution in [0.25, 0.3) is 10.9 Å². The van der Waals surface area contributed by atoms with Gasteiger partial charge in [-0.15, -0.1) is 0 Å². The van der Waals surface area contributed by atoms with Gasteiger partial charge in [0.05, 0.1) is 5.52 Å². The van der Waals surface area contributed by atoms with Crippen molar-refractivity contribution in [3.8, 4) is 0 Å². The lowest BCUT2D eigenvalue weighted by atomic mass is 10.2. The Morgan fingerprint density at radius 1 is 1.04 bits per heavy atom. The maximum atomic E-state index is 13.4. The van der Waals surface area contributed by atoms with Crippen molar-refractivity contribution >= 4 is 34.1 Å². The summed E-state index contributed by atoms with van der Waals surface area (Å²) in [5.41, 5.74) is 1.26. The number of rotatable bonds is 4. The van der Waals surface area contributed by atoms with E-state index < -0.39 is 5.82 Å². The van der Waals surface area contributed by atoms with Crippen LogP contribution < -0.4 is 16.1 Å². The third-order valence-corrected chi connectivity index (χ3v) is 3.72. The second kappa shape index (κ2) is 7.18. The van der Waals surface area contributed by atoms with Crippen molar-refractivity contribution in [2.24, 2.45) is 0 Å². The van der Waals surface area contributed by atoms with Crippen LogP contribution in [0.3, 0.4) is 0 Å². The highest BCUT2D eigenvalue weighted by molar-refractivity contribution is 5.94. The number of carbonyl (C=O) groups is 2. The smallest absolute Gasteiger partial charge is 0.244 e. The number of nitrogens with zero attached hydrogens (tertiary/aromatic N) is 1. The Hall–Kier alpha value is -3.48. The molecule has 3 rings (SSSR count). The first-order chi connectivity index (χ1) is 12.4. The molecule has 1 heterocycles. The second-order valence-electron chi connectivity index (χ2n) is 5.78. The van der Waals surface area contributed by atoms with Gasteiger partial charge in [-0.05, 0) is 36.4 Å². The molecule has 7 heteroatoms. The molecule has 0 aliphatic rings. The van der Waals surface area contributed by atoms with E-state index in [1.807, 2.05) is 0 Å². The predicted octanol–water partition coefficient (Wildman–Crippen LogP) is 2.74. The van der Waals surface area contributed by atoms with E-state index in [-0.39, 0.29) is 29.2 Å². The number of hydrogen-bond acceptors (Lipinski definition) is 3. The maximum Gasteiger partial charge on any atom is 0.244 e. The van der Waals surface area contributed by atoms with Crippen molar-refractivity contribution < 1.29 is 14.0 Å². The van der Waals surface area contributed by atoms with Crippen molar-refractivity contribution in [3.63, 3.8) is 0 Å². The molecule has 2 aromatic carbocycles. The number of fused-ring (bicyclic) bond motifs is 1. The molecular formula is C19H16FN3O3. The van der Waals surface area contributed by atoms with E-state index in [9.17, 15) is 18.8 Å². The summed E-state index contributed by atoms with van der Waals surface area (Å²) in [5, 5.41) is 5.59. The number of pyridine rings is 1. The van der Waals surface area contributed by atoms with E-state index in [0.29, 0.717) is 16.9 Å². The molecule has 0 radical (unpaired) electrons. The average molecular weight is 353 g/mol. The molecule has 0 bridgehead atoms. The van der Waals surface area contributed by atoms with Gasteiger partial charge >= 0.3 is 0 Å². The summed E-state index contributed by atoms with van der Waals surface area (Å²) >= 11 is 0. The molecule has 0 fully saturated rings. The number of carbonyl (C=O) groups excluding carboxylic acids is 2. The molecule has 1 aromatic heterocycles. The van der Waals surface area contributed by atoms with Gasteiger partial charge in [0, 0.05) is 35.9 Å². The van der Waals surface area contributed by atoms with E-state index >= 15 is 0 Å². The van der Waals surface area contributed by atoms with Crippen molar-refractivity contribution in [2.45, 2.75) is 13.5 Å². The Kier molecular flexibility index (Phi) is 4.79. The van der Waals surface area contributed by atoms with Gasteiger partial charge in [0.2, 0.25) is 11.8 Å². The molecule has 132 valence electrons. The number of nitrogens with one attached hydrogen (secondary N) is 2. The highest BCUT2D eigenvalue weighted by atomic mass is 19.1. The molecule has 0 spiro atoms. The lowest BCUT2D eigenvalue weighted by Crippen LogP contribution is -2.20. The molecular weight excluding hydrogens is 337 g/mol. The second-order valence-corrected chi connectivity index (χ2v) is 5.78. The first kappa shape index (κ1) is 17.3. The molecule has 0 saturated carbocycles. The Balaban J connectivity index is 1.81. The Morgan fingerprint density at radius 3 is 2.50 bits per heavy atom. The van der Waals surface area contributed by atoms with Crippen LogP contribution in [0.4, 0.5) is 15.8 Å². The van der Waals surface area contributed by atoms with Crippen LogP contribution in [-0.4, -0.2) is 16.4 Å². The van der Waals surface area contributed by atoms with Gasteiger partial charge in [-0.1, -0.05) is 6.07 Å². The number of anilines is 2. The zero-order valence-electron chi connectivity index (χ0n) is 14.0. The number of benzene rings is 2. The van der Waals surface area contributed by atoms with Crippen LogP contribution in [0.2, 0.25) is 0 Å². The van der Waals surface area contributed by atoms with Crippen molar-refractivity contribution in [1.29, 1.82) is 0 Å².